The Kier molecular flexibility index (Phi) is 24.7. The normalized spacial score (nSPS) is 4.17. The maximum atomic E-state index is 9.00. The van der Waals surface area contributed by atoms with Gasteiger partial charge in [0.1, 0.15) is 0 Å². The molecule has 0 atom stereocenters. The van der Waals surface area contributed by atoms with Crippen LogP contribution in [0.15, 0.2) is 0 Å². The van der Waals surface area contributed by atoms with Gasteiger partial charge in [-0.25, -0.2) is 0 Å². The first kappa shape index (κ1) is 15.7. The quantitative estimate of drug-likeness (QED) is 0.381. The van der Waals surface area contributed by atoms with E-state index in [-0.39, 0.29) is 48.4 Å². The summed E-state index contributed by atoms with van der Waals surface area (Å²) < 4.78 is 0. The number of aliphatic carboxylic acids is 1. The van der Waals surface area contributed by atoms with Gasteiger partial charge in [-0.3, -0.25) is 4.79 Å². The van der Waals surface area contributed by atoms with Crippen molar-refractivity contribution in [3.8, 4) is 0 Å². The summed E-state index contributed by atoms with van der Waals surface area (Å²) in [6.45, 7) is 1.08. The summed E-state index contributed by atoms with van der Waals surface area (Å²) in [6, 6.07) is 0. The van der Waals surface area contributed by atoms with Crippen LogP contribution in [0, 0.1) is 0 Å². The van der Waals surface area contributed by atoms with E-state index in [1.54, 1.807) is 0 Å². The molecule has 0 amide bonds. The summed E-state index contributed by atoms with van der Waals surface area (Å²) in [6.07, 6.45) is 0. The molecule has 0 aliphatic rings. The molecule has 0 bridgehead atoms. The van der Waals surface area contributed by atoms with E-state index < -0.39 is 5.97 Å². The Morgan fingerprint density at radius 1 is 1.67 bits per heavy atom. The molecule has 0 aromatic carbocycles. The SMILES string of the molecule is CC(=O)O.[LiH].[NaH]. The second kappa shape index (κ2) is 9.42. The standard InChI is InChI=1S/C2H4O2.Li.Na.2H/c1-2(3)4;;;;/h1H3,(H,3,4);;;;. The number of rotatable bonds is 0. The van der Waals surface area contributed by atoms with E-state index in [0.29, 0.717) is 0 Å². The minimum atomic E-state index is -0.833. The molecule has 0 aromatic rings. The molecule has 28 valence electrons. The minimum absolute atomic E-state index is 0. The molecule has 0 radical (unpaired) electrons. The van der Waals surface area contributed by atoms with Gasteiger partial charge in [-0.1, -0.05) is 0 Å². The van der Waals surface area contributed by atoms with Gasteiger partial charge < -0.3 is 5.11 Å². The maximum absolute atomic E-state index is 9.00. The van der Waals surface area contributed by atoms with Crippen molar-refractivity contribution in [1.29, 1.82) is 0 Å². The van der Waals surface area contributed by atoms with Crippen molar-refractivity contribution < 1.29 is 9.90 Å². The third kappa shape index (κ3) is 73.6. The van der Waals surface area contributed by atoms with Crippen molar-refractivity contribution in [3.05, 3.63) is 0 Å². The van der Waals surface area contributed by atoms with Gasteiger partial charge in [0.15, 0.2) is 0 Å². The van der Waals surface area contributed by atoms with E-state index in [1.807, 2.05) is 0 Å². The topological polar surface area (TPSA) is 37.3 Å². The third-order valence-electron chi connectivity index (χ3n) is 0. The molecule has 0 fully saturated rings. The summed E-state index contributed by atoms with van der Waals surface area (Å²) in [5.41, 5.74) is 0. The predicted molar refractivity (Wildman–Crippen MR) is 27.6 cm³/mol. The van der Waals surface area contributed by atoms with Crippen LogP contribution in [0.5, 0.6) is 0 Å². The van der Waals surface area contributed by atoms with Crippen molar-refractivity contribution in [2.75, 3.05) is 0 Å². The fourth-order valence-corrected chi connectivity index (χ4v) is 0. The zero-order valence-electron chi connectivity index (χ0n) is 2.36. The fraction of sp³-hybridized carbons (Fsp3) is 0.500. The Morgan fingerprint density at radius 2 is 1.67 bits per heavy atom. The van der Waals surface area contributed by atoms with Crippen LogP contribution in [0.1, 0.15) is 6.92 Å². The summed E-state index contributed by atoms with van der Waals surface area (Å²) in [4.78, 5) is 9.00. The molecular formula is C2H6LiNaO2. The Labute approximate surface area is 70.8 Å². The molecule has 0 saturated heterocycles. The van der Waals surface area contributed by atoms with Crippen molar-refractivity contribution in [2.45, 2.75) is 6.92 Å². The summed E-state index contributed by atoms with van der Waals surface area (Å²) in [5, 5.41) is 7.42. The summed E-state index contributed by atoms with van der Waals surface area (Å²) in [7, 11) is 0. The average molecular weight is 92.0 g/mol. The number of carbonyl (C=O) groups is 1. The first-order valence-electron chi connectivity index (χ1n) is 0.928. The van der Waals surface area contributed by atoms with E-state index >= 15 is 0 Å². The van der Waals surface area contributed by atoms with E-state index in [0.717, 1.165) is 6.92 Å². The van der Waals surface area contributed by atoms with Crippen LogP contribution in [0.2, 0.25) is 0 Å². The van der Waals surface area contributed by atoms with Crippen LogP contribution >= 0.6 is 0 Å². The molecule has 0 heterocycles. The molecule has 0 aromatic heterocycles. The van der Waals surface area contributed by atoms with Gasteiger partial charge >= 0.3 is 48.4 Å². The van der Waals surface area contributed by atoms with Crippen LogP contribution in [0.3, 0.4) is 0 Å². The van der Waals surface area contributed by atoms with Crippen LogP contribution in [-0.4, -0.2) is 59.5 Å². The van der Waals surface area contributed by atoms with Gasteiger partial charge in [0.2, 0.25) is 0 Å². The molecule has 0 aliphatic heterocycles. The first-order chi connectivity index (χ1) is 1.73. The average Bonchev–Trinajstić information content (AvgIpc) is 0.811. The summed E-state index contributed by atoms with van der Waals surface area (Å²) in [5.74, 6) is -0.833. The zero-order valence-corrected chi connectivity index (χ0v) is 2.36. The molecule has 0 spiro atoms. The molecule has 6 heavy (non-hydrogen) atoms. The Hall–Kier alpha value is 1.07. The van der Waals surface area contributed by atoms with Gasteiger partial charge in [-0.15, -0.1) is 0 Å². The van der Waals surface area contributed by atoms with Crippen molar-refractivity contribution in [1.82, 2.24) is 0 Å². The molecule has 0 saturated carbocycles. The number of hydrogen-bond acceptors (Lipinski definition) is 1. The van der Waals surface area contributed by atoms with Crippen molar-refractivity contribution in [2.24, 2.45) is 0 Å². The Balaban J connectivity index is -0.0000000450. The third-order valence-corrected chi connectivity index (χ3v) is 0. The number of hydrogen-bond donors (Lipinski definition) is 1. The van der Waals surface area contributed by atoms with E-state index in [2.05, 4.69) is 0 Å². The Bertz CT molecular complexity index is 34.5. The number of carboxylic acids is 1. The molecule has 0 rings (SSSR count). The molecule has 0 unspecified atom stereocenters. The Morgan fingerprint density at radius 3 is 1.67 bits per heavy atom. The van der Waals surface area contributed by atoms with Crippen LogP contribution in [0.4, 0.5) is 0 Å². The van der Waals surface area contributed by atoms with E-state index in [1.165, 1.54) is 0 Å². The predicted octanol–water partition coefficient (Wildman–Crippen LogP) is -1.21. The first-order valence-corrected chi connectivity index (χ1v) is 0.928. The van der Waals surface area contributed by atoms with Gasteiger partial charge in [0.25, 0.3) is 5.97 Å². The summed E-state index contributed by atoms with van der Waals surface area (Å²) >= 11 is 0. The second-order valence-corrected chi connectivity index (χ2v) is 0.519. The van der Waals surface area contributed by atoms with E-state index in [4.69, 9.17) is 9.90 Å². The molecule has 1 N–H and O–H groups in total. The molecular weight excluding hydrogens is 86.0 g/mol. The zero-order chi connectivity index (χ0) is 3.58. The molecule has 4 heteroatoms. The van der Waals surface area contributed by atoms with Gasteiger partial charge in [0.05, 0.1) is 0 Å². The monoisotopic (exact) mass is 92.0 g/mol. The van der Waals surface area contributed by atoms with Crippen LogP contribution in [-0.2, 0) is 4.79 Å². The van der Waals surface area contributed by atoms with Gasteiger partial charge in [0, 0.05) is 6.92 Å². The van der Waals surface area contributed by atoms with Crippen LogP contribution < -0.4 is 0 Å². The van der Waals surface area contributed by atoms with Gasteiger partial charge in [-0.2, -0.15) is 0 Å². The van der Waals surface area contributed by atoms with Gasteiger partial charge in [-0.05, 0) is 0 Å². The van der Waals surface area contributed by atoms with E-state index in [9.17, 15) is 0 Å². The van der Waals surface area contributed by atoms with Crippen molar-refractivity contribution >= 4 is 54.4 Å². The number of carboxylic acid groups (broad SMARTS) is 1. The fourth-order valence-electron chi connectivity index (χ4n) is 0. The van der Waals surface area contributed by atoms with Crippen LogP contribution in [0.25, 0.3) is 0 Å². The molecule has 0 aliphatic carbocycles. The van der Waals surface area contributed by atoms with Crippen molar-refractivity contribution in [3.63, 3.8) is 0 Å². The molecule has 2 nitrogen and oxygen atoms in total. The second-order valence-electron chi connectivity index (χ2n) is 0.519.